The Morgan fingerprint density at radius 1 is 0.921 bits per heavy atom. The van der Waals surface area contributed by atoms with E-state index in [9.17, 15) is 8.78 Å². The highest BCUT2D eigenvalue weighted by Crippen LogP contribution is 2.44. The molecule has 1 unspecified atom stereocenters. The third-order valence-electron chi connectivity index (χ3n) is 8.03. The van der Waals surface area contributed by atoms with E-state index in [0.29, 0.717) is 5.82 Å². The first-order valence-corrected chi connectivity index (χ1v) is 13.2. The van der Waals surface area contributed by atoms with Gasteiger partial charge in [-0.1, -0.05) is 60.7 Å². The Labute approximate surface area is 222 Å². The summed E-state index contributed by atoms with van der Waals surface area (Å²) in [5.74, 6) is 0.972. The van der Waals surface area contributed by atoms with E-state index < -0.39 is 6.43 Å². The van der Waals surface area contributed by atoms with Crippen molar-refractivity contribution in [3.8, 4) is 11.4 Å². The lowest BCUT2D eigenvalue weighted by molar-refractivity contribution is 0.135. The summed E-state index contributed by atoms with van der Waals surface area (Å²) in [6.07, 6.45) is 0.303. The Kier molecular flexibility index (Phi) is 6.43. The number of hydrogen-bond donors (Lipinski definition) is 0. The number of hydrogen-bond acceptors (Lipinski definition) is 5. The van der Waals surface area contributed by atoms with Crippen molar-refractivity contribution in [1.82, 2.24) is 24.6 Å². The Bertz CT molecular complexity index is 1420. The molecule has 1 atom stereocenters. The SMILES string of the molecule is Cc1nc2c(cc1-c1nc(C(F)F)n(C)n1)CCC1(CCN(Cc3ccccc3)C1)N2Cc1ccccc1. The van der Waals surface area contributed by atoms with Crippen molar-refractivity contribution in [2.24, 2.45) is 7.05 Å². The van der Waals surface area contributed by atoms with E-state index in [4.69, 9.17) is 4.98 Å². The molecule has 1 fully saturated rings. The number of benzene rings is 2. The van der Waals surface area contributed by atoms with Crippen LogP contribution in [0.5, 0.6) is 0 Å². The first-order valence-electron chi connectivity index (χ1n) is 13.2. The molecule has 0 aliphatic carbocycles. The van der Waals surface area contributed by atoms with Gasteiger partial charge in [-0.05, 0) is 48.9 Å². The molecule has 2 aliphatic rings. The summed E-state index contributed by atoms with van der Waals surface area (Å²) in [5, 5.41) is 4.28. The molecule has 1 spiro atoms. The van der Waals surface area contributed by atoms with E-state index in [-0.39, 0.29) is 11.4 Å². The molecule has 4 heterocycles. The standard InChI is InChI=1S/C30H32F2N6/c1-21-25(27-34-29(26(31)32)36(2)35-27)17-24-13-14-30(15-16-37(20-30)18-22-9-5-3-6-10-22)38(28(24)33-21)19-23-11-7-4-8-12-23/h3-12,17,26H,13-16,18-20H2,1-2H3. The molecule has 0 saturated carbocycles. The fraction of sp³-hybridized carbons (Fsp3) is 0.367. The van der Waals surface area contributed by atoms with E-state index >= 15 is 0 Å². The highest BCUT2D eigenvalue weighted by atomic mass is 19.3. The zero-order chi connectivity index (χ0) is 26.3. The average molecular weight is 515 g/mol. The lowest BCUT2D eigenvalue weighted by atomic mass is 9.83. The Balaban J connectivity index is 1.36. The van der Waals surface area contributed by atoms with Crippen LogP contribution in [0.4, 0.5) is 14.6 Å². The van der Waals surface area contributed by atoms with Gasteiger partial charge >= 0.3 is 0 Å². The second-order valence-corrected chi connectivity index (χ2v) is 10.6. The highest BCUT2D eigenvalue weighted by Gasteiger charge is 2.46. The summed E-state index contributed by atoms with van der Waals surface area (Å²) in [5.41, 5.74) is 5.17. The lowest BCUT2D eigenvalue weighted by Gasteiger charge is -2.47. The van der Waals surface area contributed by atoms with Crippen LogP contribution in [0.25, 0.3) is 11.4 Å². The largest absolute Gasteiger partial charge is 0.345 e. The van der Waals surface area contributed by atoms with E-state index in [0.717, 1.165) is 72.8 Å². The molecule has 6 nitrogen and oxygen atoms in total. The molecular formula is C30H32F2N6. The predicted molar refractivity (Wildman–Crippen MR) is 144 cm³/mol. The van der Waals surface area contributed by atoms with Crippen molar-refractivity contribution in [3.63, 3.8) is 0 Å². The number of nitrogens with zero attached hydrogens (tertiary/aromatic N) is 6. The van der Waals surface area contributed by atoms with Crippen molar-refractivity contribution in [3.05, 3.63) is 94.9 Å². The zero-order valence-corrected chi connectivity index (χ0v) is 21.8. The Morgan fingerprint density at radius 2 is 1.61 bits per heavy atom. The summed E-state index contributed by atoms with van der Waals surface area (Å²) >= 11 is 0. The van der Waals surface area contributed by atoms with Gasteiger partial charge in [-0.2, -0.15) is 5.10 Å². The topological polar surface area (TPSA) is 50.1 Å². The number of rotatable bonds is 6. The van der Waals surface area contributed by atoms with Gasteiger partial charge in [0, 0.05) is 38.8 Å². The zero-order valence-electron chi connectivity index (χ0n) is 21.8. The van der Waals surface area contributed by atoms with Crippen LogP contribution in [0.15, 0.2) is 66.7 Å². The Hall–Kier alpha value is -3.65. The average Bonchev–Trinajstić information content (AvgIpc) is 3.51. The monoisotopic (exact) mass is 514 g/mol. The van der Waals surface area contributed by atoms with Crippen LogP contribution in [0, 0.1) is 6.92 Å². The van der Waals surface area contributed by atoms with E-state index in [1.807, 2.05) is 13.0 Å². The van der Waals surface area contributed by atoms with Crippen molar-refractivity contribution < 1.29 is 8.78 Å². The van der Waals surface area contributed by atoms with Crippen LogP contribution in [0.2, 0.25) is 0 Å². The number of likely N-dealkylation sites (tertiary alicyclic amines) is 1. The first-order chi connectivity index (χ1) is 18.4. The summed E-state index contributed by atoms with van der Waals surface area (Å²) in [7, 11) is 1.51. The molecule has 6 rings (SSSR count). The van der Waals surface area contributed by atoms with Gasteiger partial charge in [0.2, 0.25) is 0 Å². The smallest absolute Gasteiger partial charge is 0.297 e. The molecule has 4 aromatic rings. The van der Waals surface area contributed by atoms with Crippen LogP contribution in [0.1, 0.15) is 47.5 Å². The van der Waals surface area contributed by atoms with Crippen molar-refractivity contribution >= 4 is 5.82 Å². The van der Waals surface area contributed by atoms with Gasteiger partial charge in [0.25, 0.3) is 6.43 Å². The maximum atomic E-state index is 13.4. The van der Waals surface area contributed by atoms with E-state index in [2.05, 4.69) is 80.5 Å². The lowest BCUT2D eigenvalue weighted by Crippen LogP contribution is -2.53. The second kappa shape index (κ2) is 9.91. The van der Waals surface area contributed by atoms with Gasteiger partial charge in [-0.25, -0.2) is 23.4 Å². The summed E-state index contributed by atoms with van der Waals surface area (Å²) in [6.45, 7) is 5.66. The first kappa shape index (κ1) is 24.7. The summed E-state index contributed by atoms with van der Waals surface area (Å²) < 4.78 is 27.9. The maximum absolute atomic E-state index is 13.4. The molecule has 2 aromatic heterocycles. The molecule has 0 amide bonds. The predicted octanol–water partition coefficient (Wildman–Crippen LogP) is 5.72. The summed E-state index contributed by atoms with van der Waals surface area (Å²) in [4.78, 5) is 14.3. The fourth-order valence-corrected chi connectivity index (χ4v) is 6.06. The van der Waals surface area contributed by atoms with Gasteiger partial charge < -0.3 is 4.90 Å². The third kappa shape index (κ3) is 4.58. The molecule has 8 heteroatoms. The van der Waals surface area contributed by atoms with Crippen molar-refractivity contribution in [1.29, 1.82) is 0 Å². The minimum absolute atomic E-state index is 0.00926. The van der Waals surface area contributed by atoms with E-state index in [1.165, 1.54) is 18.2 Å². The second-order valence-electron chi connectivity index (χ2n) is 10.6. The minimum Gasteiger partial charge on any atom is -0.345 e. The van der Waals surface area contributed by atoms with Crippen LogP contribution in [-0.2, 0) is 26.6 Å². The number of aromatic nitrogens is 4. The van der Waals surface area contributed by atoms with Gasteiger partial charge in [0.1, 0.15) is 5.82 Å². The van der Waals surface area contributed by atoms with Crippen LogP contribution in [-0.4, -0.2) is 43.3 Å². The minimum atomic E-state index is -2.67. The Morgan fingerprint density at radius 3 is 2.26 bits per heavy atom. The van der Waals surface area contributed by atoms with E-state index in [1.54, 1.807) is 0 Å². The maximum Gasteiger partial charge on any atom is 0.297 e. The van der Waals surface area contributed by atoms with Crippen LogP contribution >= 0.6 is 0 Å². The molecule has 196 valence electrons. The molecule has 0 bridgehead atoms. The van der Waals surface area contributed by atoms with Gasteiger partial charge in [0.05, 0.1) is 11.2 Å². The van der Waals surface area contributed by atoms with Gasteiger partial charge in [0.15, 0.2) is 11.6 Å². The molecular weight excluding hydrogens is 482 g/mol. The third-order valence-corrected chi connectivity index (χ3v) is 8.03. The number of halogens is 2. The molecule has 1 saturated heterocycles. The normalized spacial score (nSPS) is 19.4. The molecule has 0 N–H and O–H groups in total. The van der Waals surface area contributed by atoms with Crippen molar-refractivity contribution in [2.75, 3.05) is 18.0 Å². The van der Waals surface area contributed by atoms with Crippen LogP contribution < -0.4 is 4.90 Å². The number of anilines is 1. The summed E-state index contributed by atoms with van der Waals surface area (Å²) in [6, 6.07) is 23.3. The van der Waals surface area contributed by atoms with Crippen molar-refractivity contribution in [2.45, 2.75) is 51.2 Å². The molecule has 2 aliphatic heterocycles. The number of fused-ring (bicyclic) bond motifs is 1. The fourth-order valence-electron chi connectivity index (χ4n) is 6.06. The van der Waals surface area contributed by atoms with Gasteiger partial charge in [-0.3, -0.25) is 4.90 Å². The number of pyridine rings is 1. The highest BCUT2D eigenvalue weighted by molar-refractivity contribution is 5.66. The number of aryl methyl sites for hydroxylation is 3. The van der Waals surface area contributed by atoms with Gasteiger partial charge in [-0.15, -0.1) is 0 Å². The van der Waals surface area contributed by atoms with Crippen LogP contribution in [0.3, 0.4) is 0 Å². The molecule has 2 aromatic carbocycles. The molecule has 0 radical (unpaired) electrons. The molecule has 38 heavy (non-hydrogen) atoms. The number of alkyl halides is 2. The quantitative estimate of drug-likeness (QED) is 0.329.